The Hall–Kier alpha value is -3.42. The van der Waals surface area contributed by atoms with E-state index in [2.05, 4.69) is 41.4 Å². The Balaban J connectivity index is 1.29. The van der Waals surface area contributed by atoms with E-state index in [1.54, 1.807) is 12.1 Å². The molecule has 0 atom stereocenters. The molecule has 0 fully saturated rings. The Morgan fingerprint density at radius 1 is 1.03 bits per heavy atom. The van der Waals surface area contributed by atoms with Crippen LogP contribution in [0.25, 0.3) is 11.1 Å². The predicted octanol–water partition coefficient (Wildman–Crippen LogP) is 5.20. The summed E-state index contributed by atoms with van der Waals surface area (Å²) in [5, 5.41) is 3.26. The summed E-state index contributed by atoms with van der Waals surface area (Å²) in [7, 11) is 0. The fraction of sp³-hybridized carbons (Fsp3) is 0.160. The summed E-state index contributed by atoms with van der Waals surface area (Å²) < 4.78 is 5.50. The third kappa shape index (κ3) is 4.27. The highest BCUT2D eigenvalue weighted by Crippen LogP contribution is 2.44. The van der Waals surface area contributed by atoms with Crippen molar-refractivity contribution in [3.63, 3.8) is 0 Å². The van der Waals surface area contributed by atoms with E-state index < -0.39 is 6.09 Å². The number of ether oxygens (including phenoxy) is 1. The van der Waals surface area contributed by atoms with Gasteiger partial charge in [-0.25, -0.2) is 4.79 Å². The minimum Gasteiger partial charge on any atom is -0.449 e. The van der Waals surface area contributed by atoms with Crippen LogP contribution in [0.3, 0.4) is 0 Å². The SMILES string of the molecule is Nc1cc(C#CCCNC(=O)OCC2c3ccccc3-c3ccccc32)ccc1Cl. The summed E-state index contributed by atoms with van der Waals surface area (Å²) >= 11 is 5.90. The molecule has 0 aliphatic heterocycles. The lowest BCUT2D eigenvalue weighted by molar-refractivity contribution is 0.143. The van der Waals surface area contributed by atoms with Gasteiger partial charge in [0.15, 0.2) is 0 Å². The molecule has 4 rings (SSSR count). The molecule has 1 aliphatic rings. The van der Waals surface area contributed by atoms with Crippen molar-refractivity contribution in [3.8, 4) is 23.0 Å². The van der Waals surface area contributed by atoms with Gasteiger partial charge in [0.2, 0.25) is 0 Å². The smallest absolute Gasteiger partial charge is 0.407 e. The molecule has 30 heavy (non-hydrogen) atoms. The maximum absolute atomic E-state index is 12.1. The predicted molar refractivity (Wildman–Crippen MR) is 120 cm³/mol. The molecular formula is C25H21ClN2O2. The Morgan fingerprint density at radius 2 is 1.70 bits per heavy atom. The molecule has 1 amide bonds. The van der Waals surface area contributed by atoms with Crippen molar-refractivity contribution in [2.45, 2.75) is 12.3 Å². The van der Waals surface area contributed by atoms with Crippen molar-refractivity contribution >= 4 is 23.4 Å². The van der Waals surface area contributed by atoms with Gasteiger partial charge in [0.05, 0.1) is 10.7 Å². The highest BCUT2D eigenvalue weighted by molar-refractivity contribution is 6.33. The number of nitrogens with one attached hydrogen (secondary N) is 1. The number of amides is 1. The summed E-state index contributed by atoms with van der Waals surface area (Å²) in [6.07, 6.45) is 0.0709. The molecule has 0 saturated carbocycles. The van der Waals surface area contributed by atoms with Gasteiger partial charge < -0.3 is 15.8 Å². The lowest BCUT2D eigenvalue weighted by Gasteiger charge is -2.14. The number of rotatable bonds is 4. The first-order valence-corrected chi connectivity index (χ1v) is 10.1. The molecule has 3 N–H and O–H groups in total. The number of hydrogen-bond acceptors (Lipinski definition) is 3. The largest absolute Gasteiger partial charge is 0.449 e. The van der Waals surface area contributed by atoms with Crippen molar-refractivity contribution in [3.05, 3.63) is 88.4 Å². The number of nitrogens with two attached hydrogens (primary N) is 1. The average molecular weight is 417 g/mol. The van der Waals surface area contributed by atoms with E-state index in [9.17, 15) is 4.79 Å². The van der Waals surface area contributed by atoms with Crippen molar-refractivity contribution in [2.75, 3.05) is 18.9 Å². The highest BCUT2D eigenvalue weighted by Gasteiger charge is 2.28. The molecule has 0 radical (unpaired) electrons. The van der Waals surface area contributed by atoms with Gasteiger partial charge in [0, 0.05) is 24.4 Å². The number of nitrogen functional groups attached to an aromatic ring is 1. The van der Waals surface area contributed by atoms with Crippen molar-refractivity contribution < 1.29 is 9.53 Å². The molecule has 3 aromatic rings. The third-order valence-electron chi connectivity index (χ3n) is 5.09. The molecule has 4 nitrogen and oxygen atoms in total. The van der Waals surface area contributed by atoms with E-state index >= 15 is 0 Å². The molecule has 0 heterocycles. The quantitative estimate of drug-likeness (QED) is 0.349. The van der Waals surface area contributed by atoms with Crippen LogP contribution >= 0.6 is 11.6 Å². The Labute approximate surface area is 181 Å². The van der Waals surface area contributed by atoms with Crippen molar-refractivity contribution in [2.24, 2.45) is 0 Å². The number of carbonyl (C=O) groups excluding carboxylic acids is 1. The van der Waals surface area contributed by atoms with Crippen LogP contribution in [0.2, 0.25) is 5.02 Å². The molecule has 5 heteroatoms. The summed E-state index contributed by atoms with van der Waals surface area (Å²) in [5.74, 6) is 6.07. The highest BCUT2D eigenvalue weighted by atomic mass is 35.5. The lowest BCUT2D eigenvalue weighted by Crippen LogP contribution is -2.26. The first-order chi connectivity index (χ1) is 14.6. The van der Waals surface area contributed by atoms with Gasteiger partial charge in [0.1, 0.15) is 6.61 Å². The van der Waals surface area contributed by atoms with Gasteiger partial charge in [-0.2, -0.15) is 0 Å². The van der Waals surface area contributed by atoms with E-state index in [0.717, 1.165) is 5.56 Å². The Morgan fingerprint density at radius 3 is 2.37 bits per heavy atom. The van der Waals surface area contributed by atoms with Gasteiger partial charge in [-0.15, -0.1) is 0 Å². The topological polar surface area (TPSA) is 64.3 Å². The normalized spacial score (nSPS) is 11.8. The Bertz CT molecular complexity index is 1100. The number of anilines is 1. The van der Waals surface area contributed by atoms with Gasteiger partial charge in [-0.1, -0.05) is 72.0 Å². The van der Waals surface area contributed by atoms with Crippen LogP contribution in [0.1, 0.15) is 29.0 Å². The standard InChI is InChI=1S/C25H21ClN2O2/c26-23-13-12-17(15-24(23)27)7-5-6-14-28-25(29)30-16-22-20-10-3-1-8-18(20)19-9-2-4-11-21(19)22/h1-4,8-13,15,22H,6,14,16,27H2,(H,28,29). The first kappa shape index (κ1) is 19.9. The maximum Gasteiger partial charge on any atom is 0.407 e. The number of carbonyl (C=O) groups is 1. The molecule has 0 aromatic heterocycles. The summed E-state index contributed by atoms with van der Waals surface area (Å²) in [6, 6.07) is 21.8. The van der Waals surface area contributed by atoms with Gasteiger partial charge >= 0.3 is 6.09 Å². The number of alkyl carbamates (subject to hydrolysis) is 1. The molecule has 150 valence electrons. The van der Waals surface area contributed by atoms with E-state index in [1.807, 2.05) is 30.3 Å². The molecule has 0 saturated heterocycles. The van der Waals surface area contributed by atoms with Gasteiger partial charge in [0.25, 0.3) is 0 Å². The van der Waals surface area contributed by atoms with Crippen LogP contribution < -0.4 is 11.1 Å². The van der Waals surface area contributed by atoms with Crippen LogP contribution in [-0.2, 0) is 4.74 Å². The minimum absolute atomic E-state index is 0.0540. The Kier molecular flexibility index (Phi) is 5.92. The number of benzene rings is 3. The van der Waals surface area contributed by atoms with Crippen molar-refractivity contribution in [1.82, 2.24) is 5.32 Å². The van der Waals surface area contributed by atoms with E-state index in [-0.39, 0.29) is 5.92 Å². The molecule has 0 spiro atoms. The van der Waals surface area contributed by atoms with E-state index in [1.165, 1.54) is 22.3 Å². The zero-order valence-electron chi connectivity index (χ0n) is 16.3. The third-order valence-corrected chi connectivity index (χ3v) is 5.44. The number of hydrogen-bond donors (Lipinski definition) is 2. The molecule has 3 aromatic carbocycles. The van der Waals surface area contributed by atoms with Crippen LogP contribution in [-0.4, -0.2) is 19.2 Å². The lowest BCUT2D eigenvalue weighted by atomic mass is 9.98. The molecule has 1 aliphatic carbocycles. The van der Waals surface area contributed by atoms with E-state index in [4.69, 9.17) is 22.1 Å². The second-order valence-corrected chi connectivity index (χ2v) is 7.45. The monoisotopic (exact) mass is 416 g/mol. The summed E-state index contributed by atoms with van der Waals surface area (Å²) in [6.45, 7) is 0.711. The van der Waals surface area contributed by atoms with Crippen LogP contribution in [0.4, 0.5) is 10.5 Å². The second-order valence-electron chi connectivity index (χ2n) is 7.04. The van der Waals surface area contributed by atoms with Crippen LogP contribution in [0, 0.1) is 11.8 Å². The van der Waals surface area contributed by atoms with Crippen molar-refractivity contribution in [1.29, 1.82) is 0 Å². The van der Waals surface area contributed by atoms with E-state index in [0.29, 0.717) is 30.3 Å². The zero-order chi connectivity index (χ0) is 20.9. The molecule has 0 bridgehead atoms. The number of halogens is 1. The molecule has 0 unspecified atom stereocenters. The van der Waals surface area contributed by atoms with Crippen LogP contribution in [0.15, 0.2) is 66.7 Å². The van der Waals surface area contributed by atoms with Crippen LogP contribution in [0.5, 0.6) is 0 Å². The fourth-order valence-corrected chi connectivity index (χ4v) is 3.78. The first-order valence-electron chi connectivity index (χ1n) is 9.76. The zero-order valence-corrected chi connectivity index (χ0v) is 17.1. The van der Waals surface area contributed by atoms with Gasteiger partial charge in [-0.05, 0) is 40.5 Å². The maximum atomic E-state index is 12.1. The summed E-state index contributed by atoms with van der Waals surface area (Å²) in [4.78, 5) is 12.1. The number of fused-ring (bicyclic) bond motifs is 3. The van der Waals surface area contributed by atoms with Gasteiger partial charge in [-0.3, -0.25) is 0 Å². The molecular weight excluding hydrogens is 396 g/mol. The summed E-state index contributed by atoms with van der Waals surface area (Å²) in [5.41, 5.74) is 11.9. The average Bonchev–Trinajstić information content (AvgIpc) is 3.08. The minimum atomic E-state index is -0.436. The fourth-order valence-electron chi connectivity index (χ4n) is 3.66. The second kappa shape index (κ2) is 8.94.